The molecule has 108 valence electrons. The quantitative estimate of drug-likeness (QED) is 0.777. The Morgan fingerprint density at radius 2 is 1.70 bits per heavy atom. The molecule has 2 fully saturated rings. The maximum atomic E-state index is 6.06. The summed E-state index contributed by atoms with van der Waals surface area (Å²) < 4.78 is 12.1. The van der Waals surface area contributed by atoms with E-state index >= 15 is 0 Å². The summed E-state index contributed by atoms with van der Waals surface area (Å²) in [6.45, 7) is 8.25. The lowest BCUT2D eigenvalue weighted by Crippen LogP contribution is -2.41. The first-order valence-corrected chi connectivity index (χ1v) is 7.57. The molecule has 1 aliphatic carbocycles. The fourth-order valence-corrected chi connectivity index (χ4v) is 2.86. The zero-order valence-corrected chi connectivity index (χ0v) is 12.8. The van der Waals surface area contributed by atoms with Gasteiger partial charge < -0.3 is 9.31 Å². The summed E-state index contributed by atoms with van der Waals surface area (Å²) in [6.07, 6.45) is 6.81. The van der Waals surface area contributed by atoms with Crippen molar-refractivity contribution in [1.29, 1.82) is 0 Å². The van der Waals surface area contributed by atoms with Crippen molar-refractivity contribution in [3.05, 3.63) is 18.1 Å². The van der Waals surface area contributed by atoms with Crippen molar-refractivity contribution in [3.8, 4) is 0 Å². The number of nitrogens with zero attached hydrogens (tertiary/aromatic N) is 2. The van der Waals surface area contributed by atoms with Gasteiger partial charge in [-0.3, -0.25) is 0 Å². The molecule has 0 bridgehead atoms. The molecule has 4 nitrogen and oxygen atoms in total. The molecule has 1 saturated carbocycles. The Morgan fingerprint density at radius 3 is 2.30 bits per heavy atom. The maximum Gasteiger partial charge on any atom is 0.514 e. The van der Waals surface area contributed by atoms with E-state index in [2.05, 4.69) is 32.7 Å². The van der Waals surface area contributed by atoms with Crippen molar-refractivity contribution in [1.82, 2.24) is 9.97 Å². The molecular formula is C15H23BN2O2. The molecule has 5 heteroatoms. The van der Waals surface area contributed by atoms with E-state index in [1.54, 1.807) is 0 Å². The third kappa shape index (κ3) is 2.37. The van der Waals surface area contributed by atoms with Crippen molar-refractivity contribution in [2.45, 2.75) is 70.5 Å². The van der Waals surface area contributed by atoms with Gasteiger partial charge in [-0.15, -0.1) is 0 Å². The Hall–Kier alpha value is -0.935. The fourth-order valence-electron chi connectivity index (χ4n) is 2.86. The van der Waals surface area contributed by atoms with Gasteiger partial charge in [0.15, 0.2) is 0 Å². The maximum absolute atomic E-state index is 6.06. The van der Waals surface area contributed by atoms with Gasteiger partial charge >= 0.3 is 7.12 Å². The predicted octanol–water partition coefficient (Wildman–Crippen LogP) is 2.43. The topological polar surface area (TPSA) is 44.2 Å². The smallest absolute Gasteiger partial charge is 0.398 e. The summed E-state index contributed by atoms with van der Waals surface area (Å²) >= 11 is 0. The van der Waals surface area contributed by atoms with Gasteiger partial charge in [0.25, 0.3) is 0 Å². The van der Waals surface area contributed by atoms with Crippen LogP contribution >= 0.6 is 0 Å². The van der Waals surface area contributed by atoms with Crippen molar-refractivity contribution in [2.24, 2.45) is 0 Å². The Morgan fingerprint density at radius 1 is 1.10 bits per heavy atom. The minimum absolute atomic E-state index is 0.323. The van der Waals surface area contributed by atoms with Crippen LogP contribution in [0.4, 0.5) is 0 Å². The van der Waals surface area contributed by atoms with Crippen molar-refractivity contribution in [3.63, 3.8) is 0 Å². The average molecular weight is 274 g/mol. The van der Waals surface area contributed by atoms with Gasteiger partial charge in [-0.05, 0) is 46.6 Å². The van der Waals surface area contributed by atoms with Gasteiger partial charge in [0, 0.05) is 12.1 Å². The van der Waals surface area contributed by atoms with Crippen LogP contribution in [-0.2, 0) is 9.31 Å². The number of hydrogen-bond donors (Lipinski definition) is 0. The number of aromatic nitrogens is 2. The molecule has 3 rings (SSSR count). The van der Waals surface area contributed by atoms with Gasteiger partial charge in [0.05, 0.1) is 16.8 Å². The monoisotopic (exact) mass is 274 g/mol. The predicted molar refractivity (Wildman–Crippen MR) is 79.0 cm³/mol. The van der Waals surface area contributed by atoms with E-state index in [4.69, 9.17) is 14.3 Å². The minimum Gasteiger partial charge on any atom is -0.398 e. The molecule has 1 aromatic heterocycles. The molecule has 20 heavy (non-hydrogen) atoms. The number of hydrogen-bond acceptors (Lipinski definition) is 4. The summed E-state index contributed by atoms with van der Waals surface area (Å²) in [7, 11) is -0.386. The second-order valence-electron chi connectivity index (χ2n) is 6.91. The Kier molecular flexibility index (Phi) is 3.37. The second-order valence-corrected chi connectivity index (χ2v) is 6.91. The van der Waals surface area contributed by atoms with E-state index in [1.807, 2.05) is 12.3 Å². The zero-order valence-electron chi connectivity index (χ0n) is 12.8. The molecule has 0 spiro atoms. The average Bonchev–Trinajstić information content (AvgIpc) is 2.97. The molecule has 0 amide bonds. The van der Waals surface area contributed by atoms with E-state index in [1.165, 1.54) is 25.7 Å². The lowest BCUT2D eigenvalue weighted by atomic mass is 9.84. The summed E-state index contributed by atoms with van der Waals surface area (Å²) in [5.74, 6) is 1.46. The van der Waals surface area contributed by atoms with E-state index in [9.17, 15) is 0 Å². The third-order valence-corrected chi connectivity index (χ3v) is 4.91. The van der Waals surface area contributed by atoms with E-state index < -0.39 is 0 Å². The van der Waals surface area contributed by atoms with Gasteiger partial charge in [-0.2, -0.15) is 0 Å². The van der Waals surface area contributed by atoms with Crippen LogP contribution in [0.3, 0.4) is 0 Å². The van der Waals surface area contributed by atoms with Gasteiger partial charge in [0.1, 0.15) is 5.82 Å². The second kappa shape index (κ2) is 4.81. The van der Waals surface area contributed by atoms with E-state index in [-0.39, 0.29) is 18.3 Å². The van der Waals surface area contributed by atoms with Gasteiger partial charge in [-0.25, -0.2) is 9.97 Å². The lowest BCUT2D eigenvalue weighted by molar-refractivity contribution is 0.00578. The molecule has 0 unspecified atom stereocenters. The normalized spacial score (nSPS) is 25.3. The largest absolute Gasteiger partial charge is 0.514 e. The lowest BCUT2D eigenvalue weighted by Gasteiger charge is -2.32. The van der Waals surface area contributed by atoms with Crippen molar-refractivity contribution in [2.75, 3.05) is 0 Å². The van der Waals surface area contributed by atoms with Crippen LogP contribution in [-0.4, -0.2) is 28.3 Å². The molecular weight excluding hydrogens is 251 g/mol. The van der Waals surface area contributed by atoms with Crippen LogP contribution in [0, 0.1) is 0 Å². The van der Waals surface area contributed by atoms with Crippen LogP contribution in [0.2, 0.25) is 0 Å². The molecule has 0 N–H and O–H groups in total. The van der Waals surface area contributed by atoms with Crippen LogP contribution in [0.5, 0.6) is 0 Å². The SMILES string of the molecule is CC1(C)OB(c2ccnc(C3CCCC3)n2)OC1(C)C. The Labute approximate surface area is 121 Å². The molecule has 1 aliphatic heterocycles. The highest BCUT2D eigenvalue weighted by atomic mass is 16.7. The van der Waals surface area contributed by atoms with Crippen LogP contribution in [0.1, 0.15) is 65.1 Å². The van der Waals surface area contributed by atoms with Crippen molar-refractivity contribution < 1.29 is 9.31 Å². The van der Waals surface area contributed by atoms with Gasteiger partial charge in [-0.1, -0.05) is 12.8 Å². The molecule has 1 aromatic rings. The number of rotatable bonds is 2. The summed E-state index contributed by atoms with van der Waals surface area (Å²) in [5, 5.41) is 0. The van der Waals surface area contributed by atoms with Crippen molar-refractivity contribution >= 4 is 12.7 Å². The van der Waals surface area contributed by atoms with Crippen LogP contribution in [0.25, 0.3) is 0 Å². The third-order valence-electron chi connectivity index (χ3n) is 4.91. The Bertz CT molecular complexity index is 482. The minimum atomic E-state index is -0.386. The van der Waals surface area contributed by atoms with E-state index in [0.717, 1.165) is 11.4 Å². The Balaban J connectivity index is 1.83. The molecule has 2 heterocycles. The summed E-state index contributed by atoms with van der Waals surface area (Å²) in [4.78, 5) is 9.15. The van der Waals surface area contributed by atoms with Crippen LogP contribution < -0.4 is 5.59 Å². The molecule has 0 aromatic carbocycles. The highest BCUT2D eigenvalue weighted by molar-refractivity contribution is 6.61. The zero-order chi connectivity index (χ0) is 14.4. The van der Waals surface area contributed by atoms with E-state index in [0.29, 0.717) is 5.92 Å². The van der Waals surface area contributed by atoms with Gasteiger partial charge in [0.2, 0.25) is 0 Å². The fraction of sp³-hybridized carbons (Fsp3) is 0.733. The molecule has 1 saturated heterocycles. The highest BCUT2D eigenvalue weighted by Crippen LogP contribution is 2.36. The molecule has 0 radical (unpaired) electrons. The molecule has 2 aliphatic rings. The highest BCUT2D eigenvalue weighted by Gasteiger charge is 2.52. The first kappa shape index (κ1) is 14.0. The summed E-state index contributed by atoms with van der Waals surface area (Å²) in [6, 6.07) is 1.90. The first-order chi connectivity index (χ1) is 9.39. The van der Waals surface area contributed by atoms with Crippen LogP contribution in [0.15, 0.2) is 12.3 Å². The molecule has 0 atom stereocenters. The summed E-state index contributed by atoms with van der Waals surface area (Å²) in [5.41, 5.74) is 0.201. The standard InChI is InChI=1S/C15H23BN2O2/c1-14(2)15(3,4)20-16(19-14)12-9-10-17-13(18-12)11-7-5-6-8-11/h9-11H,5-8H2,1-4H3. The first-order valence-electron chi connectivity index (χ1n) is 7.57.